The molecule has 2 amide bonds. The van der Waals surface area contributed by atoms with E-state index >= 15 is 0 Å². The van der Waals surface area contributed by atoms with Gasteiger partial charge >= 0.3 is 0 Å². The molecule has 0 aromatic carbocycles. The summed E-state index contributed by atoms with van der Waals surface area (Å²) in [6.45, 7) is 15.3. The van der Waals surface area contributed by atoms with Crippen molar-refractivity contribution in [1.82, 2.24) is 20.8 Å². The Kier molecular flexibility index (Phi) is 5.54. The molecule has 6 heteroatoms. The van der Waals surface area contributed by atoms with Crippen LogP contribution in [0.25, 0.3) is 0 Å². The van der Waals surface area contributed by atoms with E-state index < -0.39 is 10.8 Å². The molecule has 2 atom stereocenters. The molecule has 146 valence electrons. The van der Waals surface area contributed by atoms with Crippen LogP contribution in [0.3, 0.4) is 0 Å². The smallest absolute Gasteiger partial charge is 0.226 e. The highest BCUT2D eigenvalue weighted by Gasteiger charge is 2.57. The normalized spacial score (nSPS) is 25.1. The van der Waals surface area contributed by atoms with E-state index in [2.05, 4.69) is 41.6 Å². The first-order valence-corrected chi connectivity index (χ1v) is 9.54. The Morgan fingerprint density at radius 2 is 1.92 bits per heavy atom. The third-order valence-electron chi connectivity index (χ3n) is 6.23. The Morgan fingerprint density at radius 1 is 1.27 bits per heavy atom. The fourth-order valence-corrected chi connectivity index (χ4v) is 3.87. The first-order chi connectivity index (χ1) is 11.9. The molecule has 1 aliphatic carbocycles. The molecule has 6 nitrogen and oxygen atoms in total. The van der Waals surface area contributed by atoms with E-state index in [1.807, 2.05) is 33.8 Å². The number of amides is 2. The number of hydrogen-bond donors (Lipinski definition) is 3. The van der Waals surface area contributed by atoms with Gasteiger partial charge in [-0.3, -0.25) is 14.7 Å². The van der Waals surface area contributed by atoms with Crippen LogP contribution in [0, 0.1) is 16.7 Å². The minimum Gasteiger partial charge on any atom is -0.356 e. The molecule has 3 N–H and O–H groups in total. The summed E-state index contributed by atoms with van der Waals surface area (Å²) in [4.78, 5) is 25.4. The van der Waals surface area contributed by atoms with Gasteiger partial charge < -0.3 is 10.6 Å². The quantitative estimate of drug-likeness (QED) is 0.753. The largest absolute Gasteiger partial charge is 0.356 e. The second kappa shape index (κ2) is 7.05. The lowest BCUT2D eigenvalue weighted by molar-refractivity contribution is -0.139. The Balaban J connectivity index is 2.06. The van der Waals surface area contributed by atoms with E-state index in [1.54, 1.807) is 0 Å². The van der Waals surface area contributed by atoms with Crippen molar-refractivity contribution in [1.29, 1.82) is 0 Å². The highest BCUT2D eigenvalue weighted by Crippen LogP contribution is 2.56. The summed E-state index contributed by atoms with van der Waals surface area (Å²) in [6.07, 6.45) is 1.45. The molecule has 1 fully saturated rings. The van der Waals surface area contributed by atoms with Gasteiger partial charge in [0.05, 0.1) is 23.3 Å². The molecular weight excluding hydrogens is 328 g/mol. The van der Waals surface area contributed by atoms with Crippen molar-refractivity contribution in [2.24, 2.45) is 16.7 Å². The number of carbonyl (C=O) groups excluding carboxylic acids is 2. The van der Waals surface area contributed by atoms with Crippen LogP contribution in [0.15, 0.2) is 6.07 Å². The molecule has 1 aliphatic rings. The van der Waals surface area contributed by atoms with Crippen LogP contribution in [0.4, 0.5) is 0 Å². The van der Waals surface area contributed by atoms with Crippen LogP contribution in [0.1, 0.15) is 72.7 Å². The number of rotatable bonds is 5. The summed E-state index contributed by atoms with van der Waals surface area (Å²) in [6, 6.07) is 2.00. The number of carbonyl (C=O) groups is 2. The first-order valence-electron chi connectivity index (χ1n) is 9.54. The van der Waals surface area contributed by atoms with Crippen molar-refractivity contribution >= 4 is 11.8 Å². The molecule has 1 saturated carbocycles. The minimum absolute atomic E-state index is 0.00112. The molecule has 0 radical (unpaired) electrons. The first kappa shape index (κ1) is 20.5. The van der Waals surface area contributed by atoms with Gasteiger partial charge in [0.1, 0.15) is 0 Å². The molecule has 2 rings (SSSR count). The second-order valence-electron chi connectivity index (χ2n) is 9.25. The SMILES string of the molecule is CCNC(=O)[C@@H]1CC[C@](C)(C(=O)NCc2cc(C(C)(C)C)n[nH]2)C1(C)C. The number of nitrogens with zero attached hydrogens (tertiary/aromatic N) is 1. The monoisotopic (exact) mass is 362 g/mol. The van der Waals surface area contributed by atoms with Gasteiger partial charge in [-0.25, -0.2) is 0 Å². The van der Waals surface area contributed by atoms with E-state index in [4.69, 9.17) is 0 Å². The van der Waals surface area contributed by atoms with Crippen molar-refractivity contribution in [3.63, 3.8) is 0 Å². The fraction of sp³-hybridized carbons (Fsp3) is 0.750. The van der Waals surface area contributed by atoms with E-state index in [0.717, 1.165) is 17.8 Å². The Labute approximate surface area is 156 Å². The third kappa shape index (κ3) is 3.64. The van der Waals surface area contributed by atoms with Gasteiger partial charge in [0.15, 0.2) is 0 Å². The Hall–Kier alpha value is -1.85. The maximum absolute atomic E-state index is 13.0. The van der Waals surface area contributed by atoms with Gasteiger partial charge in [-0.05, 0) is 31.2 Å². The lowest BCUT2D eigenvalue weighted by Gasteiger charge is -2.39. The van der Waals surface area contributed by atoms with Gasteiger partial charge in [-0.1, -0.05) is 41.5 Å². The van der Waals surface area contributed by atoms with Crippen molar-refractivity contribution in [2.45, 2.75) is 73.3 Å². The molecule has 0 spiro atoms. The summed E-state index contributed by atoms with van der Waals surface area (Å²) < 4.78 is 0. The molecular formula is C20H34N4O2. The number of nitrogens with one attached hydrogen (secondary N) is 3. The van der Waals surface area contributed by atoms with Crippen LogP contribution in [0.2, 0.25) is 0 Å². The van der Waals surface area contributed by atoms with E-state index in [1.165, 1.54) is 0 Å². The number of aromatic nitrogens is 2. The summed E-state index contributed by atoms with van der Waals surface area (Å²) >= 11 is 0. The summed E-state index contributed by atoms with van der Waals surface area (Å²) in [5.74, 6) is -0.0866. The van der Waals surface area contributed by atoms with Crippen molar-refractivity contribution in [3.8, 4) is 0 Å². The molecule has 0 saturated heterocycles. The van der Waals surface area contributed by atoms with Gasteiger partial charge in [0.2, 0.25) is 11.8 Å². The zero-order valence-electron chi connectivity index (χ0n) is 17.2. The molecule has 0 bridgehead atoms. The average Bonchev–Trinajstić information content (AvgIpc) is 3.09. The van der Waals surface area contributed by atoms with Gasteiger partial charge in [0.25, 0.3) is 0 Å². The summed E-state index contributed by atoms with van der Waals surface area (Å²) in [5, 5.41) is 13.3. The summed E-state index contributed by atoms with van der Waals surface area (Å²) in [5.41, 5.74) is 0.864. The van der Waals surface area contributed by atoms with Crippen LogP contribution in [0.5, 0.6) is 0 Å². The zero-order valence-corrected chi connectivity index (χ0v) is 17.2. The molecule has 1 heterocycles. The Morgan fingerprint density at radius 3 is 2.46 bits per heavy atom. The molecule has 0 unspecified atom stereocenters. The molecule has 26 heavy (non-hydrogen) atoms. The lowest BCUT2D eigenvalue weighted by atomic mass is 9.65. The van der Waals surface area contributed by atoms with Gasteiger partial charge in [-0.15, -0.1) is 0 Å². The molecule has 1 aromatic heterocycles. The highest BCUT2D eigenvalue weighted by atomic mass is 16.2. The van der Waals surface area contributed by atoms with E-state index in [-0.39, 0.29) is 23.1 Å². The predicted octanol–water partition coefficient (Wildman–Crippen LogP) is 2.90. The predicted molar refractivity (Wildman–Crippen MR) is 102 cm³/mol. The highest BCUT2D eigenvalue weighted by molar-refractivity contribution is 5.87. The lowest BCUT2D eigenvalue weighted by Crippen LogP contribution is -2.49. The third-order valence-corrected chi connectivity index (χ3v) is 6.23. The molecule has 1 aromatic rings. The maximum atomic E-state index is 13.0. The average molecular weight is 363 g/mol. The number of hydrogen-bond acceptors (Lipinski definition) is 3. The van der Waals surface area contributed by atoms with Crippen LogP contribution in [-0.4, -0.2) is 28.6 Å². The van der Waals surface area contributed by atoms with Crippen LogP contribution >= 0.6 is 0 Å². The van der Waals surface area contributed by atoms with Crippen LogP contribution in [-0.2, 0) is 21.5 Å². The fourth-order valence-electron chi connectivity index (χ4n) is 3.87. The zero-order chi connectivity index (χ0) is 19.8. The number of H-pyrrole nitrogens is 1. The van der Waals surface area contributed by atoms with Crippen molar-refractivity contribution < 1.29 is 9.59 Å². The number of aromatic amines is 1. The van der Waals surface area contributed by atoms with Gasteiger partial charge in [0, 0.05) is 17.9 Å². The second-order valence-corrected chi connectivity index (χ2v) is 9.25. The van der Waals surface area contributed by atoms with E-state index in [0.29, 0.717) is 19.5 Å². The topological polar surface area (TPSA) is 86.9 Å². The van der Waals surface area contributed by atoms with Gasteiger partial charge in [-0.2, -0.15) is 5.10 Å². The summed E-state index contributed by atoms with van der Waals surface area (Å²) in [7, 11) is 0. The van der Waals surface area contributed by atoms with Crippen molar-refractivity contribution in [3.05, 3.63) is 17.5 Å². The minimum atomic E-state index is -0.574. The van der Waals surface area contributed by atoms with E-state index in [9.17, 15) is 9.59 Å². The maximum Gasteiger partial charge on any atom is 0.226 e. The molecule has 0 aliphatic heterocycles. The standard InChI is InChI=1S/C20H34N4O2/c1-8-21-16(25)14-9-10-20(7,19(14,5)6)17(26)22-12-13-11-15(24-23-13)18(2,3)4/h11,14H,8-10,12H2,1-7H3,(H,21,25)(H,22,26)(H,23,24)/t14-,20+/m0/s1. The Bertz CT molecular complexity index is 672. The van der Waals surface area contributed by atoms with Crippen LogP contribution < -0.4 is 10.6 Å². The van der Waals surface area contributed by atoms with Crippen molar-refractivity contribution in [2.75, 3.05) is 6.54 Å².